The Morgan fingerprint density at radius 3 is 2.11 bits per heavy atom. The van der Waals surface area contributed by atoms with Crippen LogP contribution < -0.4 is 5.46 Å². The summed E-state index contributed by atoms with van der Waals surface area (Å²) in [6, 6.07) is 6.92. The van der Waals surface area contributed by atoms with E-state index >= 15 is 0 Å². The van der Waals surface area contributed by atoms with Crippen LogP contribution in [0.15, 0.2) is 24.3 Å². The molecule has 0 radical (unpaired) electrons. The van der Waals surface area contributed by atoms with Crippen LogP contribution in [0.25, 0.3) is 0 Å². The van der Waals surface area contributed by atoms with Crippen molar-refractivity contribution in [2.45, 2.75) is 51.7 Å². The molecular weight excluding hydrogens is 249 g/mol. The molecule has 1 aromatic rings. The first-order valence-corrected chi connectivity index (χ1v) is 6.34. The molecule has 19 heavy (non-hydrogen) atoms. The Hall–Kier alpha value is -0.935. The molecule has 0 spiro atoms. The Morgan fingerprint density at radius 2 is 1.68 bits per heavy atom. The van der Waals surface area contributed by atoms with Crippen LogP contribution >= 0.6 is 0 Å². The lowest BCUT2D eigenvalue weighted by Gasteiger charge is -2.37. The van der Waals surface area contributed by atoms with Gasteiger partial charge in [0.1, 0.15) is 0 Å². The van der Waals surface area contributed by atoms with E-state index in [9.17, 15) is 13.9 Å². The molecule has 1 aromatic carbocycles. The highest BCUT2D eigenvalue weighted by molar-refractivity contribution is 6.47. The molecule has 0 fully saturated rings. The van der Waals surface area contributed by atoms with Crippen molar-refractivity contribution in [3.63, 3.8) is 0 Å². The Labute approximate surface area is 114 Å². The predicted octanol–water partition coefficient (Wildman–Crippen LogP) is 2.04. The number of benzene rings is 1. The summed E-state index contributed by atoms with van der Waals surface area (Å²) in [6.45, 7) is 7.02. The summed E-state index contributed by atoms with van der Waals surface area (Å²) in [4.78, 5) is 0. The third kappa shape index (κ3) is 4.92. The third-order valence-corrected chi connectivity index (χ3v) is 3.49. The zero-order chi connectivity index (χ0) is 14.7. The van der Waals surface area contributed by atoms with Gasteiger partial charge in [0, 0.05) is 6.42 Å². The number of hydrogen-bond acceptors (Lipinski definition) is 2. The molecule has 5 heteroatoms. The van der Waals surface area contributed by atoms with Gasteiger partial charge in [0.05, 0.1) is 11.2 Å². The van der Waals surface area contributed by atoms with E-state index in [2.05, 4.69) is 0 Å². The zero-order valence-corrected chi connectivity index (χ0v) is 11.9. The van der Waals surface area contributed by atoms with E-state index in [-0.39, 0.29) is 6.42 Å². The molecular formula is C14H21BF2O2. The molecule has 106 valence electrons. The van der Waals surface area contributed by atoms with Crippen molar-refractivity contribution >= 4 is 12.9 Å². The highest BCUT2D eigenvalue weighted by Gasteiger charge is 2.35. The summed E-state index contributed by atoms with van der Waals surface area (Å²) >= 11 is 0. The van der Waals surface area contributed by atoms with Crippen molar-refractivity contribution in [1.29, 1.82) is 0 Å². The fourth-order valence-electron chi connectivity index (χ4n) is 1.39. The molecule has 0 aromatic heterocycles. The minimum absolute atomic E-state index is 0.226. The molecule has 0 aliphatic rings. The fraction of sp³-hybridized carbons (Fsp3) is 0.571. The Bertz CT molecular complexity index is 397. The second kappa shape index (κ2) is 6.01. The molecule has 0 heterocycles. The SMILES string of the molecule is CC(C)(O)C(C)(C)OBc1ccc(CC(F)F)cc1. The topological polar surface area (TPSA) is 29.5 Å². The van der Waals surface area contributed by atoms with Crippen LogP contribution in [0.3, 0.4) is 0 Å². The van der Waals surface area contributed by atoms with Crippen LogP contribution in [0.2, 0.25) is 0 Å². The van der Waals surface area contributed by atoms with Crippen molar-refractivity contribution < 1.29 is 18.5 Å². The normalized spacial score (nSPS) is 12.8. The van der Waals surface area contributed by atoms with E-state index in [0.717, 1.165) is 5.46 Å². The van der Waals surface area contributed by atoms with Gasteiger partial charge in [-0.05, 0) is 33.3 Å². The Balaban J connectivity index is 2.59. The maximum Gasteiger partial charge on any atom is 0.309 e. The highest BCUT2D eigenvalue weighted by atomic mass is 19.3. The summed E-state index contributed by atoms with van der Waals surface area (Å²) in [7, 11) is 0.339. The van der Waals surface area contributed by atoms with E-state index in [0.29, 0.717) is 13.0 Å². The molecule has 1 N–H and O–H groups in total. The summed E-state index contributed by atoms with van der Waals surface area (Å²) in [5.41, 5.74) is -0.132. The first-order chi connectivity index (χ1) is 8.62. The van der Waals surface area contributed by atoms with Gasteiger partial charge in [-0.3, -0.25) is 0 Å². The van der Waals surface area contributed by atoms with Gasteiger partial charge >= 0.3 is 7.48 Å². The van der Waals surface area contributed by atoms with Gasteiger partial charge in [-0.15, -0.1) is 0 Å². The maximum absolute atomic E-state index is 12.2. The average Bonchev–Trinajstić information content (AvgIpc) is 2.26. The standard InChI is InChI=1S/C14H21BF2O2/c1-13(2,18)14(3,4)19-15-11-7-5-10(6-8-11)9-12(16)17/h5-8,12,15,18H,9H2,1-4H3. The molecule has 0 unspecified atom stereocenters. The van der Waals surface area contributed by atoms with Crippen LogP contribution in [0, 0.1) is 0 Å². The fourth-order valence-corrected chi connectivity index (χ4v) is 1.39. The van der Waals surface area contributed by atoms with Gasteiger partial charge in [-0.2, -0.15) is 0 Å². The molecule has 0 aliphatic heterocycles. The predicted molar refractivity (Wildman–Crippen MR) is 74.4 cm³/mol. The number of aliphatic hydroxyl groups is 1. The highest BCUT2D eigenvalue weighted by Crippen LogP contribution is 2.24. The van der Waals surface area contributed by atoms with E-state index < -0.39 is 17.6 Å². The van der Waals surface area contributed by atoms with Crippen molar-refractivity contribution in [2.24, 2.45) is 0 Å². The summed E-state index contributed by atoms with van der Waals surface area (Å²) in [5, 5.41) is 9.96. The molecule has 0 aliphatic carbocycles. The van der Waals surface area contributed by atoms with Gasteiger partial charge < -0.3 is 9.76 Å². The largest absolute Gasteiger partial charge is 0.427 e. The Morgan fingerprint density at radius 1 is 1.16 bits per heavy atom. The van der Waals surface area contributed by atoms with Crippen molar-refractivity contribution in [2.75, 3.05) is 0 Å². The lowest BCUT2D eigenvalue weighted by atomic mass is 9.82. The quantitative estimate of drug-likeness (QED) is 0.801. The zero-order valence-electron chi connectivity index (χ0n) is 11.9. The third-order valence-electron chi connectivity index (χ3n) is 3.49. The van der Waals surface area contributed by atoms with Crippen LogP contribution in [-0.2, 0) is 11.1 Å². The lowest BCUT2D eigenvalue weighted by molar-refractivity contribution is -0.0893. The van der Waals surface area contributed by atoms with Gasteiger partial charge in [-0.25, -0.2) is 8.78 Å². The van der Waals surface area contributed by atoms with Crippen molar-refractivity contribution in [3.8, 4) is 0 Å². The molecule has 0 saturated carbocycles. The Kier molecular flexibility index (Phi) is 5.10. The van der Waals surface area contributed by atoms with Crippen LogP contribution in [0.1, 0.15) is 33.3 Å². The number of alkyl halides is 2. The van der Waals surface area contributed by atoms with Crippen molar-refractivity contribution in [1.82, 2.24) is 0 Å². The number of halogens is 2. The van der Waals surface area contributed by atoms with Gasteiger partial charge in [-0.1, -0.05) is 29.7 Å². The van der Waals surface area contributed by atoms with Crippen molar-refractivity contribution in [3.05, 3.63) is 29.8 Å². The summed E-state index contributed by atoms with van der Waals surface area (Å²) < 4.78 is 30.1. The number of hydrogen-bond donors (Lipinski definition) is 1. The van der Waals surface area contributed by atoms with Gasteiger partial charge in [0.2, 0.25) is 6.43 Å². The molecule has 0 saturated heterocycles. The maximum atomic E-state index is 12.2. The summed E-state index contributed by atoms with van der Waals surface area (Å²) in [5.74, 6) is 0. The average molecular weight is 270 g/mol. The lowest BCUT2D eigenvalue weighted by Crippen LogP contribution is -2.49. The molecule has 0 bridgehead atoms. The molecule has 0 amide bonds. The van der Waals surface area contributed by atoms with Crippen LogP contribution in [-0.4, -0.2) is 30.2 Å². The van der Waals surface area contributed by atoms with E-state index in [1.165, 1.54) is 0 Å². The van der Waals surface area contributed by atoms with Gasteiger partial charge in [0.15, 0.2) is 0 Å². The first-order valence-electron chi connectivity index (χ1n) is 6.34. The number of rotatable bonds is 6. The van der Waals surface area contributed by atoms with Gasteiger partial charge in [0.25, 0.3) is 0 Å². The molecule has 1 rings (SSSR count). The molecule has 2 nitrogen and oxygen atoms in total. The second-order valence-electron chi connectivity index (χ2n) is 5.77. The first kappa shape index (κ1) is 16.1. The summed E-state index contributed by atoms with van der Waals surface area (Å²) in [6.07, 6.45) is -2.55. The monoisotopic (exact) mass is 270 g/mol. The minimum atomic E-state index is -2.32. The van der Waals surface area contributed by atoms with Crippen LogP contribution in [0.5, 0.6) is 0 Å². The second-order valence-corrected chi connectivity index (χ2v) is 5.77. The van der Waals surface area contributed by atoms with E-state index in [1.54, 1.807) is 38.1 Å². The van der Waals surface area contributed by atoms with E-state index in [4.69, 9.17) is 4.65 Å². The minimum Gasteiger partial charge on any atom is -0.427 e. The van der Waals surface area contributed by atoms with Crippen LogP contribution in [0.4, 0.5) is 8.78 Å². The van der Waals surface area contributed by atoms with E-state index in [1.807, 2.05) is 13.8 Å². The molecule has 0 atom stereocenters. The smallest absolute Gasteiger partial charge is 0.309 e.